The summed E-state index contributed by atoms with van der Waals surface area (Å²) in [4.78, 5) is 18.9. The molecule has 2 N–H and O–H groups in total. The predicted molar refractivity (Wildman–Crippen MR) is 122 cm³/mol. The molecule has 0 aromatic carbocycles. The van der Waals surface area contributed by atoms with Crippen molar-refractivity contribution >= 4 is 54.4 Å². The summed E-state index contributed by atoms with van der Waals surface area (Å²) < 4.78 is 11.9. The molecule has 2 aromatic rings. The molecular formula is C20H20Br2N4O4. The van der Waals surface area contributed by atoms with Crippen LogP contribution in [-0.4, -0.2) is 41.3 Å². The monoisotopic (exact) mass is 538 g/mol. The van der Waals surface area contributed by atoms with Crippen LogP contribution in [-0.2, 0) is 9.47 Å². The number of rotatable bonds is 3. The standard InChI is InChI=1S/C10H9BrN2O3.C10H11BrN2O/c11-8-5-9(13(14)15)10(12-6-8)7-1-3-16-4-2-7;11-8-5-9(12)10(13-6-8)7-1-3-14-4-2-7/h1,5-6H,2-4H2;1,5-6H,2-4,12H2. The fourth-order valence-electron chi connectivity index (χ4n) is 3.02. The highest BCUT2D eigenvalue weighted by Gasteiger charge is 2.20. The van der Waals surface area contributed by atoms with Crippen molar-refractivity contribution in [1.29, 1.82) is 0 Å². The third kappa shape index (κ3) is 5.94. The van der Waals surface area contributed by atoms with Gasteiger partial charge in [-0.2, -0.15) is 0 Å². The molecule has 0 amide bonds. The predicted octanol–water partition coefficient (Wildman–Crippen LogP) is 4.79. The van der Waals surface area contributed by atoms with Crippen molar-refractivity contribution in [3.05, 3.63) is 67.1 Å². The Labute approximate surface area is 190 Å². The van der Waals surface area contributed by atoms with Gasteiger partial charge in [0, 0.05) is 27.4 Å². The molecule has 0 bridgehead atoms. The van der Waals surface area contributed by atoms with E-state index in [2.05, 4.69) is 41.8 Å². The molecule has 0 saturated carbocycles. The minimum Gasteiger partial charge on any atom is -0.397 e. The molecule has 0 spiro atoms. The van der Waals surface area contributed by atoms with E-state index in [4.69, 9.17) is 15.2 Å². The fourth-order valence-corrected chi connectivity index (χ4v) is 3.69. The van der Waals surface area contributed by atoms with E-state index in [1.54, 1.807) is 12.4 Å². The first-order valence-electron chi connectivity index (χ1n) is 9.21. The first-order valence-corrected chi connectivity index (χ1v) is 10.8. The molecule has 0 fully saturated rings. The summed E-state index contributed by atoms with van der Waals surface area (Å²) >= 11 is 6.51. The zero-order valence-electron chi connectivity index (χ0n) is 16.0. The summed E-state index contributed by atoms with van der Waals surface area (Å²) in [5, 5.41) is 10.9. The Bertz CT molecular complexity index is 995. The highest BCUT2D eigenvalue weighted by molar-refractivity contribution is 9.10. The minimum absolute atomic E-state index is 0.0301. The van der Waals surface area contributed by atoms with Crippen molar-refractivity contribution in [3.63, 3.8) is 0 Å². The normalized spacial score (nSPS) is 16.1. The van der Waals surface area contributed by atoms with E-state index in [9.17, 15) is 10.1 Å². The SMILES string of the molecule is Nc1cc(Br)cnc1C1=CCOCC1.O=[N+]([O-])c1cc(Br)cnc1C1=CCOCC1. The number of nitrogens with zero attached hydrogens (tertiary/aromatic N) is 3. The molecule has 2 aliphatic rings. The summed E-state index contributed by atoms with van der Waals surface area (Å²) in [5.74, 6) is 0. The number of hydrogen-bond donors (Lipinski definition) is 1. The quantitative estimate of drug-likeness (QED) is 0.440. The van der Waals surface area contributed by atoms with E-state index in [1.807, 2.05) is 18.2 Å². The minimum atomic E-state index is -0.413. The molecule has 0 saturated heterocycles. The summed E-state index contributed by atoms with van der Waals surface area (Å²) in [6.45, 7) is 2.49. The molecule has 4 rings (SSSR count). The maximum Gasteiger partial charge on any atom is 0.296 e. The molecule has 2 aliphatic heterocycles. The van der Waals surface area contributed by atoms with Gasteiger partial charge in [0.05, 0.1) is 42.7 Å². The van der Waals surface area contributed by atoms with Gasteiger partial charge in [0.25, 0.3) is 5.69 Å². The van der Waals surface area contributed by atoms with E-state index in [1.165, 1.54) is 11.6 Å². The molecule has 0 radical (unpaired) electrons. The van der Waals surface area contributed by atoms with Crippen LogP contribution in [0.4, 0.5) is 11.4 Å². The number of aromatic nitrogens is 2. The third-order valence-electron chi connectivity index (χ3n) is 4.45. The highest BCUT2D eigenvalue weighted by atomic mass is 79.9. The summed E-state index contributed by atoms with van der Waals surface area (Å²) in [6.07, 6.45) is 8.76. The van der Waals surface area contributed by atoms with E-state index in [0.29, 0.717) is 42.1 Å². The van der Waals surface area contributed by atoms with Crippen molar-refractivity contribution in [2.75, 3.05) is 32.2 Å². The molecule has 158 valence electrons. The average Bonchev–Trinajstić information content (AvgIpc) is 2.75. The van der Waals surface area contributed by atoms with Crippen molar-refractivity contribution in [3.8, 4) is 0 Å². The van der Waals surface area contributed by atoms with Crippen LogP contribution in [0.2, 0.25) is 0 Å². The third-order valence-corrected chi connectivity index (χ3v) is 5.32. The molecule has 10 heteroatoms. The number of nitro groups is 1. The van der Waals surface area contributed by atoms with Gasteiger partial charge in [-0.3, -0.25) is 15.1 Å². The van der Waals surface area contributed by atoms with Crippen LogP contribution in [0, 0.1) is 10.1 Å². The molecule has 0 atom stereocenters. The lowest BCUT2D eigenvalue weighted by molar-refractivity contribution is -0.385. The highest BCUT2D eigenvalue weighted by Crippen LogP contribution is 2.30. The smallest absolute Gasteiger partial charge is 0.296 e. The van der Waals surface area contributed by atoms with Crippen molar-refractivity contribution in [1.82, 2.24) is 9.97 Å². The lowest BCUT2D eigenvalue weighted by Crippen LogP contribution is -2.06. The van der Waals surface area contributed by atoms with Crippen LogP contribution >= 0.6 is 31.9 Å². The Morgan fingerprint density at radius 2 is 1.47 bits per heavy atom. The first kappa shape index (κ1) is 22.5. The molecule has 4 heterocycles. The Kier molecular flexibility index (Phi) is 8.08. The average molecular weight is 540 g/mol. The van der Waals surface area contributed by atoms with E-state index in [0.717, 1.165) is 28.8 Å². The Morgan fingerprint density at radius 3 is 1.97 bits per heavy atom. The number of ether oxygens (including phenoxy) is 2. The Morgan fingerprint density at radius 1 is 0.933 bits per heavy atom. The first-order chi connectivity index (χ1) is 14.5. The van der Waals surface area contributed by atoms with Gasteiger partial charge in [0.1, 0.15) is 5.69 Å². The van der Waals surface area contributed by atoms with Crippen molar-refractivity contribution < 1.29 is 14.4 Å². The number of pyridine rings is 2. The van der Waals surface area contributed by atoms with Crippen molar-refractivity contribution in [2.45, 2.75) is 12.8 Å². The van der Waals surface area contributed by atoms with Gasteiger partial charge in [0.2, 0.25) is 0 Å². The lowest BCUT2D eigenvalue weighted by Gasteiger charge is -2.14. The summed E-state index contributed by atoms with van der Waals surface area (Å²) in [7, 11) is 0. The number of nitrogen functional groups attached to an aromatic ring is 1. The van der Waals surface area contributed by atoms with Crippen molar-refractivity contribution in [2.24, 2.45) is 0 Å². The largest absolute Gasteiger partial charge is 0.397 e. The van der Waals surface area contributed by atoms with Crippen LogP contribution in [0.1, 0.15) is 24.2 Å². The van der Waals surface area contributed by atoms with Crippen LogP contribution in [0.3, 0.4) is 0 Å². The molecule has 2 aromatic heterocycles. The Hall–Kier alpha value is -2.14. The van der Waals surface area contributed by atoms with E-state index >= 15 is 0 Å². The van der Waals surface area contributed by atoms with Crippen LogP contribution in [0.25, 0.3) is 11.1 Å². The molecule has 0 unspecified atom stereocenters. The van der Waals surface area contributed by atoms with Gasteiger partial charge >= 0.3 is 0 Å². The fraction of sp³-hybridized carbons (Fsp3) is 0.300. The lowest BCUT2D eigenvalue weighted by atomic mass is 10.1. The zero-order valence-corrected chi connectivity index (χ0v) is 19.2. The van der Waals surface area contributed by atoms with Gasteiger partial charge in [-0.1, -0.05) is 12.2 Å². The van der Waals surface area contributed by atoms with Crippen LogP contribution in [0.5, 0.6) is 0 Å². The summed E-state index contributed by atoms with van der Waals surface area (Å²) in [6, 6.07) is 3.34. The second-order valence-corrected chi connectivity index (χ2v) is 8.31. The Balaban J connectivity index is 0.000000172. The molecule has 30 heavy (non-hydrogen) atoms. The molecule has 0 aliphatic carbocycles. The van der Waals surface area contributed by atoms with Gasteiger partial charge < -0.3 is 15.2 Å². The van der Waals surface area contributed by atoms with Crippen LogP contribution < -0.4 is 5.73 Å². The van der Waals surface area contributed by atoms with Gasteiger partial charge in [-0.05, 0) is 61.9 Å². The summed E-state index contributed by atoms with van der Waals surface area (Å²) in [5.41, 5.74) is 10.0. The van der Waals surface area contributed by atoms with Gasteiger partial charge in [-0.15, -0.1) is 0 Å². The topological polar surface area (TPSA) is 113 Å². The number of anilines is 1. The number of hydrogen-bond acceptors (Lipinski definition) is 7. The second kappa shape index (κ2) is 10.8. The molecular weight excluding hydrogens is 520 g/mol. The zero-order chi connectivity index (χ0) is 21.5. The maximum atomic E-state index is 10.9. The van der Waals surface area contributed by atoms with Crippen LogP contribution in [0.15, 0.2) is 45.6 Å². The van der Waals surface area contributed by atoms with Gasteiger partial charge in [-0.25, -0.2) is 4.98 Å². The van der Waals surface area contributed by atoms with Gasteiger partial charge in [0.15, 0.2) is 0 Å². The number of halogens is 2. The second-order valence-electron chi connectivity index (χ2n) is 6.48. The molecule has 8 nitrogen and oxygen atoms in total. The maximum absolute atomic E-state index is 10.9. The van der Waals surface area contributed by atoms with E-state index < -0.39 is 4.92 Å². The van der Waals surface area contributed by atoms with E-state index in [-0.39, 0.29) is 5.69 Å². The number of nitrogens with two attached hydrogens (primary N) is 1.